The fraction of sp³-hybridized carbons (Fsp3) is 0.529. The molecular weight excluding hydrogens is 1550 g/mol. The number of ether oxygens (including phenoxy) is 3. The van der Waals surface area contributed by atoms with Gasteiger partial charge in [-0.2, -0.15) is 13.6 Å². The van der Waals surface area contributed by atoms with E-state index >= 15 is 0 Å². The molecule has 2 heterocycles. The van der Waals surface area contributed by atoms with E-state index in [0.717, 1.165) is 46.9 Å². The normalized spacial score (nSPS) is 18.9. The molecule has 15 N–H and O–H groups in total. The van der Waals surface area contributed by atoms with Gasteiger partial charge in [-0.1, -0.05) is 88.8 Å². The monoisotopic (exact) mass is 1640 g/mol. The van der Waals surface area contributed by atoms with Crippen molar-refractivity contribution in [2.75, 3.05) is 83.5 Å². The number of aliphatic imine (C=N–C) groups is 1. The summed E-state index contributed by atoms with van der Waals surface area (Å²) in [5.41, 5.74) is 14.9. The van der Waals surface area contributed by atoms with Gasteiger partial charge in [0.1, 0.15) is 36.3 Å². The number of carbonyl (C=O) groups excluding carboxylic acids is 6. The fourth-order valence-electron chi connectivity index (χ4n) is 11.9. The molecule has 6 amide bonds. The number of carboxylic acids is 3. The SMILES string of the molecule is CCCc1cc2c(cc1C)C(c1ccccc1C(=O)N(C)CCCC(=O)NCCOCCOCCC(=O)NC(CCCSSCCC(=O)NCC#Cc1cn([C@H]3CC(O)[C@@H](COP(=O)(O)OP(=O)(O)OP(=O)(O)O)O3)c(=O)nc1N)C(=O)NC(CC(=O)O)C(=O)NC(CC(=O)O)C(=O)O)C1C=C(C)C(=NCC)C=C1C2. The number of aliphatic hydroxyl groups excluding tert-OH is 1. The molecule has 3 aromatic rings. The van der Waals surface area contributed by atoms with E-state index in [4.69, 9.17) is 39.8 Å². The van der Waals surface area contributed by atoms with Crippen molar-refractivity contribution in [2.24, 2.45) is 10.9 Å². The van der Waals surface area contributed by atoms with Crippen molar-refractivity contribution in [1.82, 2.24) is 41.0 Å². The Balaban J connectivity index is 0.918. The predicted octanol–water partition coefficient (Wildman–Crippen LogP) is 3.33. The van der Waals surface area contributed by atoms with Crippen LogP contribution in [-0.4, -0.2) is 222 Å². The summed E-state index contributed by atoms with van der Waals surface area (Å²) in [7, 11) is -12.8. The Hall–Kier alpha value is -7.99. The smallest absolute Gasteiger partial charge is 0.481 e. The van der Waals surface area contributed by atoms with Crippen molar-refractivity contribution < 1.29 is 124 Å². The molecule has 1 aromatic heterocycles. The lowest BCUT2D eigenvalue weighted by molar-refractivity contribution is -0.148. The zero-order chi connectivity index (χ0) is 81.0. The number of benzene rings is 2. The Morgan fingerprint density at radius 1 is 0.809 bits per heavy atom. The van der Waals surface area contributed by atoms with Crippen molar-refractivity contribution >= 4 is 110 Å². The van der Waals surface area contributed by atoms with Crippen molar-refractivity contribution in [3.8, 4) is 11.8 Å². The summed E-state index contributed by atoms with van der Waals surface area (Å²) < 4.78 is 64.1. The van der Waals surface area contributed by atoms with Crippen LogP contribution < -0.4 is 38.0 Å². The first-order chi connectivity index (χ1) is 52.0. The molecule has 604 valence electrons. The number of nitrogens with one attached hydrogen (secondary N) is 5. The average Bonchev–Trinajstić information content (AvgIpc) is 0.829. The van der Waals surface area contributed by atoms with Gasteiger partial charge in [-0.25, -0.2) is 23.3 Å². The van der Waals surface area contributed by atoms with E-state index in [1.807, 2.05) is 30.4 Å². The van der Waals surface area contributed by atoms with Crippen LogP contribution in [0.4, 0.5) is 5.82 Å². The quantitative estimate of drug-likeness (QED) is 0.0167. The summed E-state index contributed by atoms with van der Waals surface area (Å²) in [6.45, 7) is 8.48. The second kappa shape index (κ2) is 43.7. The summed E-state index contributed by atoms with van der Waals surface area (Å²) in [5.74, 6) is -3.32. The molecule has 0 bridgehead atoms. The number of rotatable bonds is 45. The lowest BCUT2D eigenvalue weighted by atomic mass is 9.65. The van der Waals surface area contributed by atoms with Crippen molar-refractivity contribution in [3.63, 3.8) is 0 Å². The number of aryl methyl sites for hydroxylation is 2. The molecule has 37 nitrogen and oxygen atoms in total. The molecule has 8 unspecified atom stereocenters. The fourth-order valence-corrected chi connectivity index (χ4v) is 17.1. The Kier molecular flexibility index (Phi) is 36.1. The number of carbonyl (C=O) groups is 9. The van der Waals surface area contributed by atoms with E-state index in [-0.39, 0.29) is 119 Å². The average molecular weight is 1640 g/mol. The number of phosphoric acid groups is 3. The van der Waals surface area contributed by atoms with Gasteiger partial charge in [0.15, 0.2) is 0 Å². The minimum atomic E-state index is -5.84. The molecule has 10 atom stereocenters. The Bertz CT molecular complexity index is 4200. The van der Waals surface area contributed by atoms with Gasteiger partial charge < -0.3 is 91.4 Å². The number of carboxylic acid groups (broad SMARTS) is 3. The van der Waals surface area contributed by atoms with Crippen molar-refractivity contribution in [2.45, 2.75) is 147 Å². The number of allylic oxidation sites excluding steroid dienone is 4. The highest BCUT2D eigenvalue weighted by Crippen LogP contribution is 2.66. The number of amides is 6. The number of nitrogen functional groups attached to an aromatic ring is 1. The summed E-state index contributed by atoms with van der Waals surface area (Å²) in [4.78, 5) is 174. The van der Waals surface area contributed by atoms with Gasteiger partial charge in [-0.15, -0.1) is 0 Å². The molecule has 1 aliphatic heterocycles. The number of hydrogen-bond acceptors (Lipinski definition) is 25. The summed E-state index contributed by atoms with van der Waals surface area (Å²) in [5, 5.41) is 50.8. The first kappa shape index (κ1) is 90.9. The van der Waals surface area contributed by atoms with E-state index in [9.17, 15) is 86.7 Å². The van der Waals surface area contributed by atoms with Crippen LogP contribution in [0, 0.1) is 24.7 Å². The van der Waals surface area contributed by atoms with Crippen molar-refractivity contribution in [3.05, 3.63) is 115 Å². The van der Waals surface area contributed by atoms with E-state index in [2.05, 4.69) is 102 Å². The molecular formula is C68H93N10O27P3S2. The van der Waals surface area contributed by atoms with Gasteiger partial charge >= 0.3 is 47.1 Å². The van der Waals surface area contributed by atoms with Gasteiger partial charge in [-0.05, 0) is 98.4 Å². The topological polar surface area (TPSA) is 559 Å². The Labute approximate surface area is 640 Å². The number of aromatic nitrogens is 2. The number of nitrogens with two attached hydrogens (primary N) is 1. The van der Waals surface area contributed by atoms with Gasteiger partial charge in [0.2, 0.25) is 29.5 Å². The molecule has 0 saturated carbocycles. The maximum Gasteiger partial charge on any atom is 0.490 e. The third kappa shape index (κ3) is 29.6. The maximum atomic E-state index is 14.4. The van der Waals surface area contributed by atoms with Crippen LogP contribution in [-0.2, 0) is 92.2 Å². The van der Waals surface area contributed by atoms with Gasteiger partial charge in [0.25, 0.3) is 5.91 Å². The second-order valence-electron chi connectivity index (χ2n) is 25.5. The Morgan fingerprint density at radius 3 is 2.17 bits per heavy atom. The predicted molar refractivity (Wildman–Crippen MR) is 400 cm³/mol. The third-order valence-electron chi connectivity index (χ3n) is 17.1. The van der Waals surface area contributed by atoms with Crippen LogP contribution in [0.5, 0.6) is 0 Å². The second-order valence-corrected chi connectivity index (χ2v) is 32.6. The zero-order valence-corrected chi connectivity index (χ0v) is 65.3. The van der Waals surface area contributed by atoms with E-state index < -0.39 is 127 Å². The standard InChI is InChI=1S/C68H93N10O27P3S2/c1-6-13-42-32-44-33-45-34-51(70-7-2)41(4)31-49(45)62(48(44)30-40(42)3)46-15-8-9-16-47(46)66(89)77(5)23-11-18-56(80)72-22-25-101-27-26-100-24-19-58(82)73-50(64(87)74-52(35-60(83)84)65(88)75-53(67(90)91)36-61(85)86)17-12-28-109-110-29-20-57(81)71-21-10-14-43-38-78(68(92)76-63(43)69)59-37-54(79)55(103-59)39-102-107(96,97)105-108(98,99)104-106(93,94)95/h8-9,15-16,30-32,34,38,49-50,52-55,59,62,79H,6-7,11-13,17-29,33,35-37,39H2,1-5H3,(H,71,81)(H,72,80)(H,73,82)(H,74,87)(H,75,88)(H,83,84)(H,85,86)(H,90,91)(H,96,97)(H,98,99)(H2,69,76,92)(H2,93,94,95)/t49?,50?,52?,53?,54?,55-,59-,62?/m1/s1. The van der Waals surface area contributed by atoms with Crippen LogP contribution in [0.3, 0.4) is 0 Å². The molecule has 6 rings (SSSR count). The highest BCUT2D eigenvalue weighted by Gasteiger charge is 2.44. The largest absolute Gasteiger partial charge is 0.490 e. The highest BCUT2D eigenvalue weighted by molar-refractivity contribution is 8.76. The number of nitrogens with zero attached hydrogens (tertiary/aromatic N) is 4. The molecule has 2 aliphatic carbocycles. The van der Waals surface area contributed by atoms with Gasteiger partial charge in [0.05, 0.1) is 69.8 Å². The van der Waals surface area contributed by atoms with Gasteiger partial charge in [-0.3, -0.25) is 52.4 Å². The first-order valence-corrected chi connectivity index (χ1v) is 41.9. The van der Waals surface area contributed by atoms with Crippen LogP contribution in [0.15, 0.2) is 75.7 Å². The van der Waals surface area contributed by atoms with E-state index in [1.165, 1.54) is 49.4 Å². The van der Waals surface area contributed by atoms with Crippen molar-refractivity contribution in [1.29, 1.82) is 0 Å². The number of aliphatic hydroxyl groups is 1. The number of fused-ring (bicyclic) bond motifs is 2. The minimum absolute atomic E-state index is 0.0111. The van der Waals surface area contributed by atoms with Crippen LogP contribution >= 0.6 is 45.1 Å². The molecule has 3 aliphatic rings. The molecule has 1 saturated heterocycles. The van der Waals surface area contributed by atoms with Crippen LogP contribution in [0.25, 0.3) is 0 Å². The van der Waals surface area contributed by atoms with Crippen LogP contribution in [0.1, 0.15) is 141 Å². The lowest BCUT2D eigenvalue weighted by Gasteiger charge is -2.38. The van der Waals surface area contributed by atoms with Crippen LogP contribution in [0.2, 0.25) is 0 Å². The molecule has 0 radical (unpaired) electrons. The number of aliphatic carboxylic acids is 3. The number of hydrogen-bond donors (Lipinski definition) is 14. The molecule has 110 heavy (non-hydrogen) atoms. The van der Waals surface area contributed by atoms with E-state index in [1.54, 1.807) is 11.9 Å². The maximum absolute atomic E-state index is 14.4. The lowest BCUT2D eigenvalue weighted by Crippen LogP contribution is -2.56. The summed E-state index contributed by atoms with van der Waals surface area (Å²) in [6.07, 6.45) is 2.11. The van der Waals surface area contributed by atoms with E-state index in [0.29, 0.717) is 30.8 Å². The minimum Gasteiger partial charge on any atom is -0.481 e. The van der Waals surface area contributed by atoms with Gasteiger partial charge in [0, 0.05) is 87.5 Å². The summed E-state index contributed by atoms with van der Waals surface area (Å²) >= 11 is 0. The first-order valence-electron chi connectivity index (χ1n) is 34.9. The highest BCUT2D eigenvalue weighted by atomic mass is 33.1. The zero-order valence-electron chi connectivity index (χ0n) is 60.9. The molecule has 1 fully saturated rings. The molecule has 2 aromatic carbocycles. The number of phosphoric ester groups is 1. The summed E-state index contributed by atoms with van der Waals surface area (Å²) in [6, 6.07) is 7.15. The Morgan fingerprint density at radius 2 is 1.48 bits per heavy atom. The molecule has 42 heteroatoms. The molecule has 0 spiro atoms. The third-order valence-corrected chi connectivity index (χ3v) is 23.4. The number of anilines is 1.